The molecule has 0 unspecified atom stereocenters. The SMILES string of the molecule is C=C1CC[C@H]2C(=C)CC[C@@H]3[C@H](OC(=O)[C@@]3(O)CC(=O)c3ccc(-c4ccc(C#CC)s4)s3)[C@@H]12. The lowest BCUT2D eigenvalue weighted by molar-refractivity contribution is -0.156. The first-order valence-corrected chi connectivity index (χ1v) is 12.9. The molecule has 0 aromatic carbocycles. The number of allylic oxidation sites excluding steroid dienone is 1. The molecule has 3 fully saturated rings. The highest BCUT2D eigenvalue weighted by molar-refractivity contribution is 7.23. The van der Waals surface area contributed by atoms with E-state index in [2.05, 4.69) is 25.0 Å². The van der Waals surface area contributed by atoms with Crippen molar-refractivity contribution in [2.75, 3.05) is 0 Å². The number of thiophene rings is 2. The highest BCUT2D eigenvalue weighted by Gasteiger charge is 2.61. The Morgan fingerprint density at radius 2 is 1.88 bits per heavy atom. The van der Waals surface area contributed by atoms with Crippen molar-refractivity contribution in [3.63, 3.8) is 0 Å². The van der Waals surface area contributed by atoms with Crippen molar-refractivity contribution in [2.45, 2.75) is 50.7 Å². The first kappa shape index (κ1) is 22.3. The molecule has 1 saturated heterocycles. The van der Waals surface area contributed by atoms with E-state index >= 15 is 0 Å². The van der Waals surface area contributed by atoms with Gasteiger partial charge in [0.15, 0.2) is 11.4 Å². The zero-order valence-corrected chi connectivity index (χ0v) is 20.2. The van der Waals surface area contributed by atoms with Crippen LogP contribution in [-0.4, -0.2) is 28.6 Å². The monoisotopic (exact) mass is 478 g/mol. The van der Waals surface area contributed by atoms with Crippen LogP contribution in [0.15, 0.2) is 48.6 Å². The number of carbonyl (C=O) groups is 2. The summed E-state index contributed by atoms with van der Waals surface area (Å²) >= 11 is 2.96. The van der Waals surface area contributed by atoms with Crippen LogP contribution in [0.25, 0.3) is 9.75 Å². The normalized spacial score (nSPS) is 30.8. The zero-order valence-electron chi connectivity index (χ0n) is 18.6. The molecule has 0 spiro atoms. The fourth-order valence-electron chi connectivity index (χ4n) is 5.69. The Kier molecular flexibility index (Phi) is 5.68. The largest absolute Gasteiger partial charge is 0.459 e. The van der Waals surface area contributed by atoms with Crippen LogP contribution in [-0.2, 0) is 9.53 Å². The second-order valence-corrected chi connectivity index (χ2v) is 11.4. The zero-order chi connectivity index (χ0) is 23.3. The minimum atomic E-state index is -1.81. The van der Waals surface area contributed by atoms with Crippen LogP contribution in [0.4, 0.5) is 0 Å². The molecule has 6 heteroatoms. The summed E-state index contributed by atoms with van der Waals surface area (Å²) in [5, 5.41) is 11.5. The molecule has 1 aliphatic heterocycles. The number of carbonyl (C=O) groups excluding carboxylic acids is 2. The van der Waals surface area contributed by atoms with E-state index in [0.717, 1.165) is 45.0 Å². The van der Waals surface area contributed by atoms with Gasteiger partial charge in [0.2, 0.25) is 0 Å². The van der Waals surface area contributed by atoms with Gasteiger partial charge in [0.1, 0.15) is 6.10 Å². The quantitative estimate of drug-likeness (QED) is 0.268. The number of rotatable bonds is 4. The summed E-state index contributed by atoms with van der Waals surface area (Å²) in [6, 6.07) is 7.66. The summed E-state index contributed by atoms with van der Waals surface area (Å²) in [4.78, 5) is 29.7. The van der Waals surface area contributed by atoms with Crippen molar-refractivity contribution in [3.8, 4) is 21.6 Å². The molecular weight excluding hydrogens is 452 g/mol. The van der Waals surface area contributed by atoms with Crippen LogP contribution >= 0.6 is 22.7 Å². The van der Waals surface area contributed by atoms with Gasteiger partial charge in [-0.05, 0) is 62.8 Å². The van der Waals surface area contributed by atoms with E-state index in [9.17, 15) is 14.7 Å². The van der Waals surface area contributed by atoms with E-state index in [1.807, 2.05) is 18.2 Å². The summed E-state index contributed by atoms with van der Waals surface area (Å²) < 4.78 is 5.78. The predicted octanol–water partition coefficient (Wildman–Crippen LogP) is 5.63. The lowest BCUT2D eigenvalue weighted by Gasteiger charge is -2.29. The van der Waals surface area contributed by atoms with E-state index in [0.29, 0.717) is 11.3 Å². The maximum absolute atomic E-state index is 13.2. The molecule has 4 nitrogen and oxygen atoms in total. The van der Waals surface area contributed by atoms with Gasteiger partial charge in [-0.15, -0.1) is 28.6 Å². The standard InChI is InChI=1S/C27H26O4S2/c1-4-5-17-8-11-22(32-17)23-13-12-21(33-23)20(28)14-27(30)19-10-7-15(2)18-9-6-16(3)24(18)25(19)31-26(27)29/h8,11-13,18-19,24-25,30H,2-3,6-7,9-10,14H2,1H3/t18-,19+,24-,25-,27+/m0/s1. The van der Waals surface area contributed by atoms with Crippen LogP contribution in [0.2, 0.25) is 0 Å². The molecule has 2 saturated carbocycles. The molecule has 33 heavy (non-hydrogen) atoms. The van der Waals surface area contributed by atoms with Crippen LogP contribution < -0.4 is 0 Å². The maximum Gasteiger partial charge on any atom is 0.339 e. The smallest absolute Gasteiger partial charge is 0.339 e. The number of Topliss-reactive ketones (excluding diaryl/α,β-unsaturated/α-hetero) is 1. The molecule has 2 aromatic rings. The van der Waals surface area contributed by atoms with Crippen molar-refractivity contribution in [2.24, 2.45) is 17.8 Å². The Balaban J connectivity index is 1.38. The molecule has 2 aliphatic carbocycles. The molecule has 1 N–H and O–H groups in total. The number of hydrogen-bond donors (Lipinski definition) is 1. The third kappa shape index (κ3) is 3.73. The second kappa shape index (κ2) is 8.39. The van der Waals surface area contributed by atoms with Crippen LogP contribution in [0.3, 0.4) is 0 Å². The molecule has 5 rings (SSSR count). The van der Waals surface area contributed by atoms with Gasteiger partial charge in [-0.25, -0.2) is 4.79 Å². The third-order valence-corrected chi connectivity index (χ3v) is 9.67. The summed E-state index contributed by atoms with van der Waals surface area (Å²) in [6.07, 6.45) is 2.47. The molecule has 2 aromatic heterocycles. The maximum atomic E-state index is 13.2. The molecule has 3 aliphatic rings. The van der Waals surface area contributed by atoms with Gasteiger partial charge in [-0.1, -0.05) is 30.2 Å². The van der Waals surface area contributed by atoms with Crippen molar-refractivity contribution < 1.29 is 19.4 Å². The van der Waals surface area contributed by atoms with Crippen LogP contribution in [0, 0.1) is 29.6 Å². The fourth-order valence-corrected chi connectivity index (χ4v) is 7.64. The van der Waals surface area contributed by atoms with Crippen molar-refractivity contribution in [1.82, 2.24) is 0 Å². The van der Waals surface area contributed by atoms with Gasteiger partial charge in [0.25, 0.3) is 0 Å². The van der Waals surface area contributed by atoms with Crippen molar-refractivity contribution in [1.29, 1.82) is 0 Å². The summed E-state index contributed by atoms with van der Waals surface area (Å²) in [5.74, 6) is 4.84. The average molecular weight is 479 g/mol. The van der Waals surface area contributed by atoms with Gasteiger partial charge in [0, 0.05) is 21.6 Å². The van der Waals surface area contributed by atoms with Crippen molar-refractivity contribution >= 4 is 34.4 Å². The van der Waals surface area contributed by atoms with Gasteiger partial charge < -0.3 is 9.84 Å². The number of hydrogen-bond acceptors (Lipinski definition) is 6. The van der Waals surface area contributed by atoms with Gasteiger partial charge >= 0.3 is 5.97 Å². The topological polar surface area (TPSA) is 63.6 Å². The van der Waals surface area contributed by atoms with Crippen molar-refractivity contribution in [3.05, 3.63) is 58.3 Å². The number of ketones is 1. The Morgan fingerprint density at radius 3 is 2.67 bits per heavy atom. The molecular formula is C27H26O4S2. The lowest BCUT2D eigenvalue weighted by Crippen LogP contribution is -2.44. The molecule has 170 valence electrons. The average Bonchev–Trinajstić information content (AvgIpc) is 3.53. The Labute approximate surface area is 202 Å². The second-order valence-electron chi connectivity index (χ2n) is 9.23. The number of aliphatic hydroxyl groups is 1. The number of esters is 1. The Hall–Kier alpha value is -2.46. The van der Waals surface area contributed by atoms with Crippen LogP contribution in [0.1, 0.15) is 53.6 Å². The van der Waals surface area contributed by atoms with E-state index < -0.39 is 23.6 Å². The summed E-state index contributed by atoms with van der Waals surface area (Å²) in [7, 11) is 0. The first-order valence-electron chi connectivity index (χ1n) is 11.3. The fraction of sp³-hybridized carbons (Fsp3) is 0.407. The highest BCUT2D eigenvalue weighted by Crippen LogP contribution is 2.54. The van der Waals surface area contributed by atoms with E-state index in [-0.39, 0.29) is 24.0 Å². The summed E-state index contributed by atoms with van der Waals surface area (Å²) in [5.41, 5.74) is 0.396. The van der Waals surface area contributed by atoms with Gasteiger partial charge in [-0.2, -0.15) is 0 Å². The molecule has 0 bridgehead atoms. The molecule has 0 radical (unpaired) electrons. The number of fused-ring (bicyclic) bond motifs is 3. The van der Waals surface area contributed by atoms with E-state index in [1.54, 1.807) is 24.3 Å². The predicted molar refractivity (Wildman–Crippen MR) is 131 cm³/mol. The Morgan fingerprint density at radius 1 is 1.15 bits per heavy atom. The Bertz CT molecular complexity index is 1220. The molecule has 0 amide bonds. The molecule has 3 heterocycles. The van der Waals surface area contributed by atoms with Gasteiger partial charge in [-0.3, -0.25) is 4.79 Å². The highest BCUT2D eigenvalue weighted by atomic mass is 32.1. The van der Waals surface area contributed by atoms with Crippen LogP contribution in [0.5, 0.6) is 0 Å². The van der Waals surface area contributed by atoms with E-state index in [1.165, 1.54) is 11.3 Å². The van der Waals surface area contributed by atoms with E-state index in [4.69, 9.17) is 4.74 Å². The first-order chi connectivity index (χ1) is 15.8. The minimum absolute atomic E-state index is 0.00865. The summed E-state index contributed by atoms with van der Waals surface area (Å²) in [6.45, 7) is 10.3. The minimum Gasteiger partial charge on any atom is -0.459 e. The lowest BCUT2D eigenvalue weighted by atomic mass is 9.75. The van der Waals surface area contributed by atoms with Gasteiger partial charge in [0.05, 0.1) is 16.2 Å². The number of ether oxygens (including phenoxy) is 1. The third-order valence-electron chi connectivity index (χ3n) is 7.35. The molecule has 5 atom stereocenters.